The van der Waals surface area contributed by atoms with Crippen molar-refractivity contribution in [3.8, 4) is 0 Å². The average molecular weight is 409 g/mol. The van der Waals surface area contributed by atoms with Crippen LogP contribution in [0.15, 0.2) is 77.8 Å². The Morgan fingerprint density at radius 2 is 1.68 bits per heavy atom. The Bertz CT molecular complexity index is 1060. The fraction of sp³-hybridized carbons (Fsp3) is 0.130. The summed E-state index contributed by atoms with van der Waals surface area (Å²) >= 11 is 12.6. The van der Waals surface area contributed by atoms with Crippen molar-refractivity contribution in [2.24, 2.45) is 4.99 Å². The van der Waals surface area contributed by atoms with E-state index in [4.69, 9.17) is 28.2 Å². The largest absolute Gasteiger partial charge is 0.313 e. The predicted octanol–water partition coefficient (Wildman–Crippen LogP) is 5.42. The molecule has 0 radical (unpaired) electrons. The molecule has 1 heterocycles. The Labute approximate surface area is 174 Å². The number of fused-ring (bicyclic) bond motifs is 1. The number of likely N-dealkylation sites (N-methyl/N-ethyl adjacent to an activating group) is 1. The maximum absolute atomic E-state index is 13.2. The summed E-state index contributed by atoms with van der Waals surface area (Å²) < 4.78 is 0. The lowest BCUT2D eigenvalue weighted by Crippen LogP contribution is -2.36. The first kappa shape index (κ1) is 18.7. The summed E-state index contributed by atoms with van der Waals surface area (Å²) in [4.78, 5) is 19.8. The van der Waals surface area contributed by atoms with Crippen molar-refractivity contribution in [2.75, 3.05) is 11.9 Å². The Morgan fingerprint density at radius 3 is 2.43 bits per heavy atom. The number of amides is 1. The van der Waals surface area contributed by atoms with Gasteiger partial charge < -0.3 is 4.90 Å². The standard InChI is InChI=1S/C23H18Cl2N2O/c1-27-21-12-11-17(24)14-18(21)22(15-7-3-2-4-8-15)26-20(23(27)28)13-16-9-5-6-10-19(16)25/h2-12,14,20H,13H2,1H3. The van der Waals surface area contributed by atoms with Gasteiger partial charge in [-0.3, -0.25) is 9.79 Å². The quantitative estimate of drug-likeness (QED) is 0.569. The number of nitrogens with zero attached hydrogens (tertiary/aromatic N) is 2. The first-order valence-corrected chi connectivity index (χ1v) is 9.74. The van der Waals surface area contributed by atoms with E-state index < -0.39 is 6.04 Å². The highest BCUT2D eigenvalue weighted by atomic mass is 35.5. The minimum Gasteiger partial charge on any atom is -0.313 e. The van der Waals surface area contributed by atoms with Gasteiger partial charge in [-0.05, 0) is 29.8 Å². The summed E-state index contributed by atoms with van der Waals surface area (Å²) in [6.07, 6.45) is 0.431. The molecular weight excluding hydrogens is 391 g/mol. The fourth-order valence-electron chi connectivity index (χ4n) is 3.44. The summed E-state index contributed by atoms with van der Waals surface area (Å²) in [5.41, 5.74) is 4.23. The first-order chi connectivity index (χ1) is 13.5. The maximum atomic E-state index is 13.2. The van der Waals surface area contributed by atoms with Crippen LogP contribution in [0.1, 0.15) is 16.7 Å². The number of hydrogen-bond acceptors (Lipinski definition) is 2. The molecule has 1 aliphatic heterocycles. The van der Waals surface area contributed by atoms with Gasteiger partial charge in [-0.1, -0.05) is 71.7 Å². The Hall–Kier alpha value is -2.62. The summed E-state index contributed by atoms with van der Waals surface area (Å²) in [6, 6.07) is 22.4. The third kappa shape index (κ3) is 3.56. The van der Waals surface area contributed by atoms with Gasteiger partial charge in [-0.25, -0.2) is 0 Å². The van der Waals surface area contributed by atoms with E-state index >= 15 is 0 Å². The Kier molecular flexibility index (Phi) is 5.21. The van der Waals surface area contributed by atoms with Gasteiger partial charge in [-0.15, -0.1) is 0 Å². The third-order valence-corrected chi connectivity index (χ3v) is 5.50. The number of carbonyl (C=O) groups excluding carboxylic acids is 1. The molecule has 0 N–H and O–H groups in total. The topological polar surface area (TPSA) is 32.7 Å². The van der Waals surface area contributed by atoms with Crippen molar-refractivity contribution in [2.45, 2.75) is 12.5 Å². The molecule has 1 atom stereocenters. The summed E-state index contributed by atoms with van der Waals surface area (Å²) in [5.74, 6) is -0.0746. The molecule has 4 rings (SSSR count). The van der Waals surface area contributed by atoms with Crippen LogP contribution in [0.5, 0.6) is 0 Å². The molecule has 0 fully saturated rings. The van der Waals surface area contributed by atoms with Crippen LogP contribution in [0.2, 0.25) is 10.0 Å². The summed E-state index contributed by atoms with van der Waals surface area (Å²) in [7, 11) is 1.78. The lowest BCUT2D eigenvalue weighted by molar-refractivity contribution is -0.119. The van der Waals surface area contributed by atoms with Gasteiger partial charge in [0.1, 0.15) is 6.04 Å². The van der Waals surface area contributed by atoms with Crippen LogP contribution in [0, 0.1) is 0 Å². The zero-order valence-corrected chi connectivity index (χ0v) is 16.8. The van der Waals surface area contributed by atoms with Gasteiger partial charge in [0, 0.05) is 34.6 Å². The molecule has 1 aliphatic rings. The highest BCUT2D eigenvalue weighted by Crippen LogP contribution is 2.31. The van der Waals surface area contributed by atoms with Crippen LogP contribution >= 0.6 is 23.2 Å². The molecule has 0 aromatic heterocycles. The number of anilines is 1. The monoisotopic (exact) mass is 408 g/mol. The molecule has 140 valence electrons. The molecule has 0 spiro atoms. The van der Waals surface area contributed by atoms with Crippen LogP contribution in [0.4, 0.5) is 5.69 Å². The fourth-order valence-corrected chi connectivity index (χ4v) is 3.83. The van der Waals surface area contributed by atoms with Crippen molar-refractivity contribution in [3.05, 3.63) is 99.5 Å². The number of carbonyl (C=O) groups is 1. The van der Waals surface area contributed by atoms with Crippen LogP contribution < -0.4 is 4.90 Å². The van der Waals surface area contributed by atoms with Crippen LogP contribution in [-0.2, 0) is 11.2 Å². The molecule has 3 nitrogen and oxygen atoms in total. The first-order valence-electron chi connectivity index (χ1n) is 8.98. The highest BCUT2D eigenvalue weighted by Gasteiger charge is 2.30. The van der Waals surface area contributed by atoms with Gasteiger partial charge >= 0.3 is 0 Å². The van der Waals surface area contributed by atoms with Crippen LogP contribution in [0.3, 0.4) is 0 Å². The van der Waals surface area contributed by atoms with E-state index in [1.807, 2.05) is 66.7 Å². The molecule has 1 unspecified atom stereocenters. The van der Waals surface area contributed by atoms with Crippen molar-refractivity contribution < 1.29 is 4.79 Å². The van der Waals surface area contributed by atoms with Gasteiger partial charge in [0.25, 0.3) is 5.91 Å². The number of hydrogen-bond donors (Lipinski definition) is 0. The normalized spacial score (nSPS) is 16.4. The van der Waals surface area contributed by atoms with Crippen molar-refractivity contribution >= 4 is 40.5 Å². The van der Waals surface area contributed by atoms with E-state index in [0.717, 1.165) is 28.1 Å². The molecule has 1 amide bonds. The third-order valence-electron chi connectivity index (χ3n) is 4.89. The highest BCUT2D eigenvalue weighted by molar-refractivity contribution is 6.32. The zero-order chi connectivity index (χ0) is 19.7. The Morgan fingerprint density at radius 1 is 0.964 bits per heavy atom. The van der Waals surface area contributed by atoms with Crippen LogP contribution in [0.25, 0.3) is 0 Å². The van der Waals surface area contributed by atoms with Gasteiger partial charge in [-0.2, -0.15) is 0 Å². The van der Waals surface area contributed by atoms with Gasteiger partial charge in [0.05, 0.1) is 11.4 Å². The number of benzodiazepines with no additional fused rings is 1. The van der Waals surface area contributed by atoms with E-state index in [0.29, 0.717) is 16.5 Å². The van der Waals surface area contributed by atoms with E-state index in [1.54, 1.807) is 18.0 Å². The molecule has 0 bridgehead atoms. The lowest BCUT2D eigenvalue weighted by atomic mass is 10.00. The zero-order valence-electron chi connectivity index (χ0n) is 15.3. The number of halogens is 2. The van der Waals surface area contributed by atoms with Crippen molar-refractivity contribution in [3.63, 3.8) is 0 Å². The second-order valence-electron chi connectivity index (χ2n) is 6.71. The SMILES string of the molecule is CN1C(=O)C(Cc2ccccc2Cl)N=C(c2ccccc2)c2cc(Cl)ccc21. The van der Waals surface area contributed by atoms with Crippen LogP contribution in [-0.4, -0.2) is 24.7 Å². The maximum Gasteiger partial charge on any atom is 0.251 e. The molecule has 28 heavy (non-hydrogen) atoms. The molecule has 0 saturated carbocycles. The average Bonchev–Trinajstić information content (AvgIpc) is 2.81. The number of rotatable bonds is 3. The molecule has 3 aromatic rings. The van der Waals surface area contributed by atoms with E-state index in [9.17, 15) is 4.79 Å². The van der Waals surface area contributed by atoms with E-state index in [-0.39, 0.29) is 5.91 Å². The molecule has 0 aliphatic carbocycles. The second kappa shape index (κ2) is 7.78. The summed E-state index contributed by atoms with van der Waals surface area (Å²) in [5, 5.41) is 1.24. The smallest absolute Gasteiger partial charge is 0.251 e. The van der Waals surface area contributed by atoms with E-state index in [2.05, 4.69) is 0 Å². The van der Waals surface area contributed by atoms with Crippen molar-refractivity contribution in [1.82, 2.24) is 0 Å². The number of aliphatic imine (C=N–C) groups is 1. The number of benzene rings is 3. The molecule has 5 heteroatoms. The minimum absolute atomic E-state index is 0.0746. The Balaban J connectivity index is 1.88. The predicted molar refractivity (Wildman–Crippen MR) is 116 cm³/mol. The second-order valence-corrected chi connectivity index (χ2v) is 7.56. The van der Waals surface area contributed by atoms with Gasteiger partial charge in [0.15, 0.2) is 0 Å². The summed E-state index contributed by atoms with van der Waals surface area (Å²) in [6.45, 7) is 0. The lowest BCUT2D eigenvalue weighted by Gasteiger charge is -2.20. The molecule has 0 saturated heterocycles. The molecule has 3 aromatic carbocycles. The minimum atomic E-state index is -0.578. The van der Waals surface area contributed by atoms with Crippen molar-refractivity contribution in [1.29, 1.82) is 0 Å². The van der Waals surface area contributed by atoms with E-state index in [1.165, 1.54) is 0 Å². The van der Waals surface area contributed by atoms with Gasteiger partial charge in [0.2, 0.25) is 0 Å². The molecular formula is C23H18Cl2N2O.